The van der Waals surface area contributed by atoms with Gasteiger partial charge in [0.2, 0.25) is 0 Å². The Hall–Kier alpha value is -1.02. The van der Waals surface area contributed by atoms with Crippen LogP contribution in [-0.4, -0.2) is 24.6 Å². The lowest BCUT2D eigenvalue weighted by Crippen LogP contribution is -2.30. The van der Waals surface area contributed by atoms with E-state index in [1.165, 1.54) is 37.1 Å². The first-order chi connectivity index (χ1) is 8.75. The Morgan fingerprint density at radius 2 is 2.00 bits per heavy atom. The minimum atomic E-state index is 0.593. The van der Waals surface area contributed by atoms with Crippen LogP contribution in [0, 0.1) is 0 Å². The molecule has 0 aliphatic carbocycles. The maximum absolute atomic E-state index is 5.82. The number of benzene rings is 1. The molecule has 1 saturated heterocycles. The van der Waals surface area contributed by atoms with Gasteiger partial charge in [-0.2, -0.15) is 0 Å². The van der Waals surface area contributed by atoms with E-state index in [0.29, 0.717) is 12.0 Å². The number of likely N-dealkylation sites (tertiary alicyclic amines) is 1. The maximum Gasteiger partial charge on any atom is 0.124 e. The summed E-state index contributed by atoms with van der Waals surface area (Å²) in [7, 11) is 0. The lowest BCUT2D eigenvalue weighted by Gasteiger charge is -2.33. The molecule has 0 saturated carbocycles. The topological polar surface area (TPSA) is 12.5 Å². The Balaban J connectivity index is 1.94. The number of nitrogens with zero attached hydrogens (tertiary/aromatic N) is 1. The molecule has 1 aromatic carbocycles. The predicted molar refractivity (Wildman–Crippen MR) is 74.2 cm³/mol. The van der Waals surface area contributed by atoms with Crippen molar-refractivity contribution in [2.45, 2.75) is 45.1 Å². The van der Waals surface area contributed by atoms with Crippen LogP contribution in [0.25, 0.3) is 0 Å². The Labute approximate surface area is 110 Å². The van der Waals surface area contributed by atoms with Gasteiger partial charge in [0, 0.05) is 18.0 Å². The Kier molecular flexibility index (Phi) is 3.29. The third-order valence-corrected chi connectivity index (χ3v) is 4.29. The highest BCUT2D eigenvalue weighted by molar-refractivity contribution is 5.41. The molecule has 1 aromatic rings. The van der Waals surface area contributed by atoms with Crippen LogP contribution in [0.1, 0.15) is 56.2 Å². The Morgan fingerprint density at radius 3 is 2.72 bits per heavy atom. The van der Waals surface area contributed by atoms with Crippen LogP contribution >= 0.6 is 0 Å². The van der Waals surface area contributed by atoms with Crippen molar-refractivity contribution < 1.29 is 4.74 Å². The second-order valence-electron chi connectivity index (χ2n) is 5.85. The molecule has 2 aliphatic heterocycles. The first-order valence-electron chi connectivity index (χ1n) is 7.26. The van der Waals surface area contributed by atoms with Crippen molar-refractivity contribution in [3.63, 3.8) is 0 Å². The molecule has 0 N–H and O–H groups in total. The molecule has 0 bridgehead atoms. The summed E-state index contributed by atoms with van der Waals surface area (Å²) in [6.45, 7) is 7.91. The van der Waals surface area contributed by atoms with E-state index in [1.807, 2.05) is 0 Å². The SMILES string of the molecule is CC(C)c1ccc2c(c1)C(N1CCCC1)CCO2. The third-order valence-electron chi connectivity index (χ3n) is 4.29. The quantitative estimate of drug-likeness (QED) is 0.787. The third kappa shape index (κ3) is 2.14. The predicted octanol–water partition coefficient (Wildman–Crippen LogP) is 3.73. The van der Waals surface area contributed by atoms with Crippen LogP contribution in [0.3, 0.4) is 0 Å². The fourth-order valence-corrected chi connectivity index (χ4v) is 3.19. The molecule has 0 radical (unpaired) electrons. The summed E-state index contributed by atoms with van der Waals surface area (Å²) in [6, 6.07) is 7.36. The zero-order chi connectivity index (χ0) is 12.5. The Morgan fingerprint density at radius 1 is 1.22 bits per heavy atom. The summed E-state index contributed by atoms with van der Waals surface area (Å²) in [5.41, 5.74) is 2.86. The zero-order valence-corrected chi connectivity index (χ0v) is 11.5. The molecule has 2 nitrogen and oxygen atoms in total. The Bertz CT molecular complexity index is 421. The highest BCUT2D eigenvalue weighted by Crippen LogP contribution is 2.38. The summed E-state index contributed by atoms with van der Waals surface area (Å²) >= 11 is 0. The molecule has 3 rings (SSSR count). The molecule has 1 unspecified atom stereocenters. The minimum Gasteiger partial charge on any atom is -0.493 e. The number of rotatable bonds is 2. The fraction of sp³-hybridized carbons (Fsp3) is 0.625. The fourth-order valence-electron chi connectivity index (χ4n) is 3.19. The molecule has 18 heavy (non-hydrogen) atoms. The number of hydrogen-bond acceptors (Lipinski definition) is 2. The van der Waals surface area contributed by atoms with Crippen LogP contribution in [0.2, 0.25) is 0 Å². The van der Waals surface area contributed by atoms with Crippen LogP contribution in [-0.2, 0) is 0 Å². The van der Waals surface area contributed by atoms with E-state index in [-0.39, 0.29) is 0 Å². The lowest BCUT2D eigenvalue weighted by molar-refractivity contribution is 0.165. The van der Waals surface area contributed by atoms with Crippen molar-refractivity contribution in [2.24, 2.45) is 0 Å². The van der Waals surface area contributed by atoms with E-state index in [2.05, 4.69) is 36.9 Å². The molecule has 2 heteroatoms. The van der Waals surface area contributed by atoms with E-state index in [1.54, 1.807) is 0 Å². The standard InChI is InChI=1S/C16H23NO/c1-12(2)13-5-6-16-14(11-13)15(7-10-18-16)17-8-3-4-9-17/h5-6,11-12,15H,3-4,7-10H2,1-2H3. The lowest BCUT2D eigenvalue weighted by atomic mass is 9.93. The monoisotopic (exact) mass is 245 g/mol. The first-order valence-corrected chi connectivity index (χ1v) is 7.26. The number of fused-ring (bicyclic) bond motifs is 1. The molecular formula is C16H23NO. The van der Waals surface area contributed by atoms with E-state index in [4.69, 9.17) is 4.74 Å². The molecule has 98 valence electrons. The van der Waals surface area contributed by atoms with Crippen molar-refractivity contribution in [3.8, 4) is 5.75 Å². The summed E-state index contributed by atoms with van der Waals surface area (Å²) < 4.78 is 5.82. The number of hydrogen-bond donors (Lipinski definition) is 0. The van der Waals surface area contributed by atoms with Gasteiger partial charge in [-0.3, -0.25) is 4.90 Å². The van der Waals surface area contributed by atoms with Gasteiger partial charge >= 0.3 is 0 Å². The highest BCUT2D eigenvalue weighted by atomic mass is 16.5. The maximum atomic E-state index is 5.82. The van der Waals surface area contributed by atoms with Gasteiger partial charge in [-0.25, -0.2) is 0 Å². The molecular weight excluding hydrogens is 222 g/mol. The van der Waals surface area contributed by atoms with E-state index >= 15 is 0 Å². The summed E-state index contributed by atoms with van der Waals surface area (Å²) in [5.74, 6) is 1.71. The van der Waals surface area contributed by atoms with Gasteiger partial charge in [0.05, 0.1) is 6.61 Å². The van der Waals surface area contributed by atoms with Gasteiger partial charge in [-0.15, -0.1) is 0 Å². The number of ether oxygens (including phenoxy) is 1. The van der Waals surface area contributed by atoms with Crippen LogP contribution in [0.15, 0.2) is 18.2 Å². The van der Waals surface area contributed by atoms with Crippen molar-refractivity contribution in [1.82, 2.24) is 4.90 Å². The molecule has 2 aliphatic rings. The van der Waals surface area contributed by atoms with Gasteiger partial charge in [0.1, 0.15) is 5.75 Å². The van der Waals surface area contributed by atoms with Gasteiger partial charge in [0.15, 0.2) is 0 Å². The second kappa shape index (κ2) is 4.93. The molecule has 1 fully saturated rings. The zero-order valence-electron chi connectivity index (χ0n) is 11.5. The van der Waals surface area contributed by atoms with Crippen molar-refractivity contribution in [1.29, 1.82) is 0 Å². The van der Waals surface area contributed by atoms with E-state index < -0.39 is 0 Å². The summed E-state index contributed by atoms with van der Waals surface area (Å²) in [5, 5.41) is 0. The smallest absolute Gasteiger partial charge is 0.124 e. The average Bonchev–Trinajstić information content (AvgIpc) is 2.91. The largest absolute Gasteiger partial charge is 0.493 e. The normalized spacial score (nSPS) is 24.1. The second-order valence-corrected chi connectivity index (χ2v) is 5.85. The van der Waals surface area contributed by atoms with Gasteiger partial charge in [-0.05, 0) is 43.5 Å². The van der Waals surface area contributed by atoms with Crippen LogP contribution in [0.4, 0.5) is 0 Å². The van der Waals surface area contributed by atoms with Gasteiger partial charge < -0.3 is 4.74 Å². The summed E-state index contributed by atoms with van der Waals surface area (Å²) in [6.07, 6.45) is 3.86. The average molecular weight is 245 g/mol. The van der Waals surface area contributed by atoms with Gasteiger partial charge in [-0.1, -0.05) is 26.0 Å². The minimum absolute atomic E-state index is 0.593. The van der Waals surface area contributed by atoms with Crippen molar-refractivity contribution in [3.05, 3.63) is 29.3 Å². The molecule has 0 aromatic heterocycles. The molecule has 0 spiro atoms. The van der Waals surface area contributed by atoms with Crippen LogP contribution < -0.4 is 4.74 Å². The molecule has 0 amide bonds. The first kappa shape index (κ1) is 12.0. The van der Waals surface area contributed by atoms with E-state index in [9.17, 15) is 0 Å². The van der Waals surface area contributed by atoms with Crippen LogP contribution in [0.5, 0.6) is 5.75 Å². The summed E-state index contributed by atoms with van der Waals surface area (Å²) in [4.78, 5) is 2.64. The highest BCUT2D eigenvalue weighted by Gasteiger charge is 2.29. The van der Waals surface area contributed by atoms with Crippen molar-refractivity contribution >= 4 is 0 Å². The molecule has 2 heterocycles. The van der Waals surface area contributed by atoms with E-state index in [0.717, 1.165) is 18.8 Å². The molecule has 1 atom stereocenters. The van der Waals surface area contributed by atoms with Gasteiger partial charge in [0.25, 0.3) is 0 Å². The van der Waals surface area contributed by atoms with Crippen molar-refractivity contribution in [2.75, 3.05) is 19.7 Å².